The second-order valence-electron chi connectivity index (χ2n) is 8.92. The summed E-state index contributed by atoms with van der Waals surface area (Å²) < 4.78 is 8.41. The number of ketones is 1. The summed E-state index contributed by atoms with van der Waals surface area (Å²) in [6, 6.07) is 7.43. The molecule has 1 aliphatic carbocycles. The molecule has 1 aromatic heterocycles. The quantitative estimate of drug-likeness (QED) is 0.768. The van der Waals surface area contributed by atoms with Crippen molar-refractivity contribution < 1.29 is 9.53 Å². The SMILES string of the molecule is C=CCOc1ccccc1[C@H]1c2c(n(C)c(=O)n(C)c2=O)NC2=CC(C)(C)CC(=O)[C@@H]21. The number of anilines is 1. The van der Waals surface area contributed by atoms with Crippen LogP contribution in [0.1, 0.15) is 37.3 Å². The van der Waals surface area contributed by atoms with Crippen molar-refractivity contribution in [3.05, 3.63) is 80.7 Å². The standard InChI is InChI=1S/C24H27N3O4/c1-6-11-31-17-10-8-7-9-14(17)18-19-15(12-24(2,3)13-16(19)28)25-21-20(18)22(29)27(5)23(30)26(21)4/h6-10,12,18-19,25H,1,11,13H2,2-5H3/t18-,19-/m1/s1. The third-order valence-electron chi connectivity index (χ3n) is 6.08. The molecule has 0 saturated heterocycles. The maximum absolute atomic E-state index is 13.4. The molecular formula is C24H27N3O4. The Kier molecular flexibility index (Phi) is 5.00. The van der Waals surface area contributed by atoms with E-state index in [9.17, 15) is 14.4 Å². The Morgan fingerprint density at radius 3 is 2.58 bits per heavy atom. The first-order valence-corrected chi connectivity index (χ1v) is 10.3. The van der Waals surface area contributed by atoms with E-state index < -0.39 is 23.1 Å². The van der Waals surface area contributed by atoms with Gasteiger partial charge in [-0.2, -0.15) is 0 Å². The number of para-hydroxylation sites is 1. The maximum Gasteiger partial charge on any atom is 0.332 e. The lowest BCUT2D eigenvalue weighted by molar-refractivity contribution is -0.124. The van der Waals surface area contributed by atoms with Crippen molar-refractivity contribution in [2.45, 2.75) is 26.2 Å². The number of rotatable bonds is 4. The van der Waals surface area contributed by atoms with Crippen molar-refractivity contribution >= 4 is 11.6 Å². The van der Waals surface area contributed by atoms with Crippen LogP contribution in [0, 0.1) is 11.3 Å². The molecule has 0 fully saturated rings. The predicted molar refractivity (Wildman–Crippen MR) is 120 cm³/mol. The zero-order chi connectivity index (χ0) is 22.5. The lowest BCUT2D eigenvalue weighted by Crippen LogP contribution is -2.47. The number of Topliss-reactive ketones (excluding diaryl/α,β-unsaturated/α-hetero) is 1. The minimum absolute atomic E-state index is 0.0556. The second-order valence-corrected chi connectivity index (χ2v) is 8.92. The summed E-state index contributed by atoms with van der Waals surface area (Å²) in [5, 5.41) is 3.26. The van der Waals surface area contributed by atoms with E-state index in [0.717, 1.165) is 15.8 Å². The molecule has 0 saturated carbocycles. The minimum atomic E-state index is -0.572. The van der Waals surface area contributed by atoms with Gasteiger partial charge in [0.1, 0.15) is 24.0 Å². The van der Waals surface area contributed by atoms with Gasteiger partial charge in [-0.15, -0.1) is 0 Å². The van der Waals surface area contributed by atoms with Gasteiger partial charge in [0.25, 0.3) is 5.56 Å². The van der Waals surface area contributed by atoms with Crippen molar-refractivity contribution in [1.82, 2.24) is 9.13 Å². The van der Waals surface area contributed by atoms with Gasteiger partial charge >= 0.3 is 5.69 Å². The van der Waals surface area contributed by atoms with E-state index in [1.165, 1.54) is 11.6 Å². The molecule has 1 aliphatic heterocycles. The summed E-state index contributed by atoms with van der Waals surface area (Å²) in [7, 11) is 3.08. The fourth-order valence-electron chi connectivity index (χ4n) is 4.73. The van der Waals surface area contributed by atoms with Gasteiger partial charge in [-0.25, -0.2) is 4.79 Å². The summed E-state index contributed by atoms with van der Waals surface area (Å²) in [5.74, 6) is -0.0605. The number of fused-ring (bicyclic) bond motifs is 2. The van der Waals surface area contributed by atoms with Gasteiger partial charge in [-0.1, -0.05) is 50.8 Å². The van der Waals surface area contributed by atoms with Crippen molar-refractivity contribution in [1.29, 1.82) is 0 Å². The normalized spacial score (nSPS) is 21.4. The number of ether oxygens (including phenoxy) is 1. The summed E-state index contributed by atoms with van der Waals surface area (Å²) >= 11 is 0. The largest absolute Gasteiger partial charge is 0.489 e. The lowest BCUT2D eigenvalue weighted by atomic mass is 9.67. The molecule has 31 heavy (non-hydrogen) atoms. The van der Waals surface area contributed by atoms with Gasteiger partial charge in [0.2, 0.25) is 0 Å². The van der Waals surface area contributed by atoms with Crippen LogP contribution in [0.15, 0.2) is 58.3 Å². The molecule has 2 aliphatic rings. The topological polar surface area (TPSA) is 82.3 Å². The molecule has 0 radical (unpaired) electrons. The van der Waals surface area contributed by atoms with Gasteiger partial charge in [0.05, 0.1) is 11.5 Å². The molecule has 0 amide bonds. The van der Waals surface area contributed by atoms with E-state index in [1.54, 1.807) is 13.1 Å². The van der Waals surface area contributed by atoms with Crippen molar-refractivity contribution in [2.75, 3.05) is 11.9 Å². The Balaban J connectivity index is 2.06. The van der Waals surface area contributed by atoms with Crippen LogP contribution < -0.4 is 21.3 Å². The molecule has 162 valence electrons. The van der Waals surface area contributed by atoms with Crippen LogP contribution in [0.3, 0.4) is 0 Å². The number of aromatic nitrogens is 2. The molecule has 7 heteroatoms. The highest BCUT2D eigenvalue weighted by molar-refractivity contribution is 5.90. The Hall–Kier alpha value is -3.35. The first kappa shape index (κ1) is 20.9. The zero-order valence-electron chi connectivity index (χ0n) is 18.3. The molecule has 1 N–H and O–H groups in total. The van der Waals surface area contributed by atoms with Gasteiger partial charge in [-0.05, 0) is 11.5 Å². The Morgan fingerprint density at radius 2 is 1.87 bits per heavy atom. The van der Waals surface area contributed by atoms with Crippen molar-refractivity contribution in [3.8, 4) is 5.75 Å². The highest BCUT2D eigenvalue weighted by Crippen LogP contribution is 2.49. The summed E-state index contributed by atoms with van der Waals surface area (Å²) in [6.07, 6.45) is 4.07. The molecule has 0 spiro atoms. The second kappa shape index (κ2) is 7.41. The number of allylic oxidation sites excluding steroid dienone is 2. The fraction of sp³-hybridized carbons (Fsp3) is 0.375. The van der Waals surface area contributed by atoms with Crippen LogP contribution in [0.2, 0.25) is 0 Å². The Morgan fingerprint density at radius 1 is 1.16 bits per heavy atom. The van der Waals surface area contributed by atoms with Gasteiger partial charge in [0, 0.05) is 37.7 Å². The summed E-state index contributed by atoms with van der Waals surface area (Å²) in [6.45, 7) is 8.01. The fourth-order valence-corrected chi connectivity index (χ4v) is 4.73. The average Bonchev–Trinajstić information content (AvgIpc) is 2.72. The van der Waals surface area contributed by atoms with Crippen LogP contribution in [0.5, 0.6) is 5.75 Å². The van der Waals surface area contributed by atoms with E-state index in [0.29, 0.717) is 30.2 Å². The number of nitrogens with one attached hydrogen (secondary N) is 1. The van der Waals surface area contributed by atoms with Gasteiger partial charge < -0.3 is 10.1 Å². The number of nitrogens with zero attached hydrogens (tertiary/aromatic N) is 2. The van der Waals surface area contributed by atoms with E-state index in [4.69, 9.17) is 4.74 Å². The zero-order valence-corrected chi connectivity index (χ0v) is 18.3. The average molecular weight is 421 g/mol. The van der Waals surface area contributed by atoms with Gasteiger partial charge in [-0.3, -0.25) is 18.7 Å². The van der Waals surface area contributed by atoms with Crippen LogP contribution in [0.25, 0.3) is 0 Å². The molecule has 1 aromatic carbocycles. The van der Waals surface area contributed by atoms with Gasteiger partial charge in [0.15, 0.2) is 0 Å². The Bertz CT molecular complexity index is 1230. The van der Waals surface area contributed by atoms with E-state index >= 15 is 0 Å². The predicted octanol–water partition coefficient (Wildman–Crippen LogP) is 2.71. The first-order chi connectivity index (χ1) is 14.7. The van der Waals surface area contributed by atoms with E-state index in [2.05, 4.69) is 11.9 Å². The highest BCUT2D eigenvalue weighted by Gasteiger charge is 2.46. The monoisotopic (exact) mass is 421 g/mol. The minimum Gasteiger partial charge on any atom is -0.489 e. The van der Waals surface area contributed by atoms with E-state index in [1.807, 2.05) is 44.2 Å². The molecule has 2 aromatic rings. The molecular weight excluding hydrogens is 394 g/mol. The molecule has 7 nitrogen and oxygen atoms in total. The van der Waals surface area contributed by atoms with Crippen LogP contribution in [-0.2, 0) is 18.9 Å². The van der Waals surface area contributed by atoms with Crippen molar-refractivity contribution in [2.24, 2.45) is 25.4 Å². The van der Waals surface area contributed by atoms with Crippen molar-refractivity contribution in [3.63, 3.8) is 0 Å². The molecule has 2 heterocycles. The number of benzene rings is 1. The molecule has 4 rings (SSSR count). The van der Waals surface area contributed by atoms with E-state index in [-0.39, 0.29) is 11.2 Å². The summed E-state index contributed by atoms with van der Waals surface area (Å²) in [4.78, 5) is 39.4. The third kappa shape index (κ3) is 3.34. The van der Waals surface area contributed by atoms with Crippen LogP contribution in [0.4, 0.5) is 5.82 Å². The molecule has 0 unspecified atom stereocenters. The number of carbonyl (C=O) groups is 1. The number of hydrogen-bond donors (Lipinski definition) is 1. The number of carbonyl (C=O) groups excluding carboxylic acids is 1. The molecule has 0 bridgehead atoms. The molecule has 2 atom stereocenters. The maximum atomic E-state index is 13.4. The van der Waals surface area contributed by atoms with Crippen LogP contribution >= 0.6 is 0 Å². The number of hydrogen-bond acceptors (Lipinski definition) is 5. The summed E-state index contributed by atoms with van der Waals surface area (Å²) in [5.41, 5.74) is 0.703. The third-order valence-corrected chi connectivity index (χ3v) is 6.08. The van der Waals surface area contributed by atoms with Crippen LogP contribution in [-0.4, -0.2) is 21.5 Å². The smallest absolute Gasteiger partial charge is 0.332 e. The first-order valence-electron chi connectivity index (χ1n) is 10.3. The lowest BCUT2D eigenvalue weighted by Gasteiger charge is -2.41. The highest BCUT2D eigenvalue weighted by atomic mass is 16.5. The Labute approximate surface area is 180 Å².